The average Bonchev–Trinajstić information content (AvgIpc) is 2.36. The van der Waals surface area contributed by atoms with Gasteiger partial charge >= 0.3 is 0 Å². The molecule has 0 aliphatic carbocycles. The molecule has 0 aliphatic heterocycles. The predicted octanol–water partition coefficient (Wildman–Crippen LogP) is 3.30. The van der Waals surface area contributed by atoms with Crippen molar-refractivity contribution in [2.75, 3.05) is 11.1 Å². The minimum absolute atomic E-state index is 0.215. The van der Waals surface area contributed by atoms with Crippen molar-refractivity contribution in [1.29, 1.82) is 0 Å². The second-order valence-corrected chi connectivity index (χ2v) is 5.17. The van der Waals surface area contributed by atoms with Gasteiger partial charge in [-0.25, -0.2) is 0 Å². The molecule has 0 aliphatic rings. The van der Waals surface area contributed by atoms with Crippen molar-refractivity contribution in [3.8, 4) is 0 Å². The Morgan fingerprint density at radius 3 is 2.74 bits per heavy atom. The fourth-order valence-corrected chi connectivity index (χ4v) is 2.03. The number of benzene rings is 1. The molecule has 1 amide bonds. The molecule has 0 atom stereocenters. The first kappa shape index (κ1) is 13.5. The number of pyridine rings is 1. The Balaban J connectivity index is 2.25. The summed E-state index contributed by atoms with van der Waals surface area (Å²) in [6.45, 7) is 3.76. The Bertz CT molecular complexity index is 641. The molecule has 5 heteroatoms. The number of anilines is 2. The number of aryl methyl sites for hydroxylation is 2. The number of halogens is 1. The van der Waals surface area contributed by atoms with Gasteiger partial charge in [0.15, 0.2) is 0 Å². The van der Waals surface area contributed by atoms with Gasteiger partial charge in [-0.15, -0.1) is 0 Å². The molecule has 0 fully saturated rings. The number of amides is 1. The van der Waals surface area contributed by atoms with E-state index in [0.717, 1.165) is 15.7 Å². The van der Waals surface area contributed by atoms with Crippen LogP contribution in [0.5, 0.6) is 0 Å². The highest BCUT2D eigenvalue weighted by Crippen LogP contribution is 2.21. The van der Waals surface area contributed by atoms with Gasteiger partial charge in [0, 0.05) is 10.2 Å². The topological polar surface area (TPSA) is 68.0 Å². The van der Waals surface area contributed by atoms with Crippen molar-refractivity contribution in [3.05, 3.63) is 51.8 Å². The van der Waals surface area contributed by atoms with E-state index in [1.807, 2.05) is 25.1 Å². The number of nitrogens with one attached hydrogen (secondary N) is 1. The molecule has 0 radical (unpaired) electrons. The lowest BCUT2D eigenvalue weighted by molar-refractivity contribution is 0.102. The van der Waals surface area contributed by atoms with E-state index in [1.54, 1.807) is 13.0 Å². The Morgan fingerprint density at radius 1 is 1.32 bits per heavy atom. The number of carbonyl (C=O) groups excluding carboxylic acids is 1. The lowest BCUT2D eigenvalue weighted by Gasteiger charge is -2.09. The molecule has 1 heterocycles. The smallest absolute Gasteiger partial charge is 0.257 e. The molecule has 98 valence electrons. The van der Waals surface area contributed by atoms with Crippen LogP contribution in [0.4, 0.5) is 11.4 Å². The number of nitrogen functional groups attached to an aromatic ring is 1. The van der Waals surface area contributed by atoms with Crippen molar-refractivity contribution in [2.45, 2.75) is 13.8 Å². The van der Waals surface area contributed by atoms with Crippen LogP contribution in [-0.4, -0.2) is 10.9 Å². The molecule has 4 nitrogen and oxygen atoms in total. The van der Waals surface area contributed by atoms with E-state index in [9.17, 15) is 4.79 Å². The minimum Gasteiger partial charge on any atom is -0.397 e. The van der Waals surface area contributed by atoms with Crippen LogP contribution in [0.1, 0.15) is 21.6 Å². The Kier molecular flexibility index (Phi) is 3.85. The van der Waals surface area contributed by atoms with Crippen molar-refractivity contribution >= 4 is 33.2 Å². The van der Waals surface area contributed by atoms with Crippen molar-refractivity contribution < 1.29 is 4.79 Å². The zero-order valence-corrected chi connectivity index (χ0v) is 12.3. The fourth-order valence-electron chi connectivity index (χ4n) is 1.65. The normalized spacial score (nSPS) is 10.3. The van der Waals surface area contributed by atoms with Crippen LogP contribution in [0.3, 0.4) is 0 Å². The second-order valence-electron chi connectivity index (χ2n) is 4.32. The van der Waals surface area contributed by atoms with E-state index < -0.39 is 0 Å². The van der Waals surface area contributed by atoms with Gasteiger partial charge in [-0.05, 0) is 37.6 Å². The van der Waals surface area contributed by atoms with Crippen LogP contribution in [0, 0.1) is 13.8 Å². The highest BCUT2D eigenvalue weighted by Gasteiger charge is 2.11. The van der Waals surface area contributed by atoms with Crippen LogP contribution in [0.15, 0.2) is 34.9 Å². The van der Waals surface area contributed by atoms with E-state index in [4.69, 9.17) is 5.73 Å². The summed E-state index contributed by atoms with van der Waals surface area (Å²) in [4.78, 5) is 16.2. The van der Waals surface area contributed by atoms with E-state index >= 15 is 0 Å². The zero-order chi connectivity index (χ0) is 14.0. The molecule has 0 bridgehead atoms. The van der Waals surface area contributed by atoms with Crippen molar-refractivity contribution in [1.82, 2.24) is 4.98 Å². The minimum atomic E-state index is -0.215. The molecule has 2 aromatic rings. The Labute approximate surface area is 120 Å². The molecule has 3 N–H and O–H groups in total. The Hall–Kier alpha value is -1.88. The lowest BCUT2D eigenvalue weighted by Crippen LogP contribution is -2.14. The first-order valence-electron chi connectivity index (χ1n) is 5.77. The summed E-state index contributed by atoms with van der Waals surface area (Å²) in [5.41, 5.74) is 9.10. The molecule has 0 saturated heterocycles. The summed E-state index contributed by atoms with van der Waals surface area (Å²) in [6, 6.07) is 7.28. The van der Waals surface area contributed by atoms with Gasteiger partial charge in [-0.3, -0.25) is 9.78 Å². The second kappa shape index (κ2) is 5.40. The summed E-state index contributed by atoms with van der Waals surface area (Å²) in [6.07, 6.45) is 1.54. The summed E-state index contributed by atoms with van der Waals surface area (Å²) in [5.74, 6) is -0.215. The largest absolute Gasteiger partial charge is 0.397 e. The third kappa shape index (κ3) is 3.12. The van der Waals surface area contributed by atoms with E-state index in [2.05, 4.69) is 26.2 Å². The lowest BCUT2D eigenvalue weighted by atomic mass is 10.1. The number of nitrogens with zero attached hydrogens (tertiary/aromatic N) is 1. The number of aromatic nitrogens is 1. The summed E-state index contributed by atoms with van der Waals surface area (Å²) in [7, 11) is 0. The monoisotopic (exact) mass is 319 g/mol. The maximum absolute atomic E-state index is 12.2. The first-order valence-corrected chi connectivity index (χ1v) is 6.56. The van der Waals surface area contributed by atoms with Crippen LogP contribution >= 0.6 is 15.9 Å². The highest BCUT2D eigenvalue weighted by atomic mass is 79.9. The van der Waals surface area contributed by atoms with Crippen molar-refractivity contribution in [3.63, 3.8) is 0 Å². The predicted molar refractivity (Wildman–Crippen MR) is 80.2 cm³/mol. The summed E-state index contributed by atoms with van der Waals surface area (Å²) < 4.78 is 0.952. The molecular formula is C14H14BrN3O. The van der Waals surface area contributed by atoms with Gasteiger partial charge < -0.3 is 11.1 Å². The molecular weight excluding hydrogens is 306 g/mol. The number of hydrogen-bond donors (Lipinski definition) is 2. The van der Waals surface area contributed by atoms with Gasteiger partial charge in [0.25, 0.3) is 5.91 Å². The first-order chi connectivity index (χ1) is 8.97. The summed E-state index contributed by atoms with van der Waals surface area (Å²) >= 11 is 3.43. The third-order valence-electron chi connectivity index (χ3n) is 2.78. The number of nitrogens with two attached hydrogens (primary N) is 1. The van der Waals surface area contributed by atoms with E-state index in [1.165, 1.54) is 6.20 Å². The van der Waals surface area contributed by atoms with Crippen LogP contribution in [0.2, 0.25) is 0 Å². The zero-order valence-electron chi connectivity index (χ0n) is 10.7. The molecule has 0 saturated carbocycles. The average molecular weight is 320 g/mol. The third-order valence-corrected chi connectivity index (χ3v) is 3.64. The standard InChI is InChI=1S/C14H14BrN3O/c1-8-3-4-11(6-13(8)15)18-14(19)12-5-10(16)7-17-9(12)2/h3-7H,16H2,1-2H3,(H,18,19). The van der Waals surface area contributed by atoms with Gasteiger partial charge in [-0.1, -0.05) is 22.0 Å². The SMILES string of the molecule is Cc1ccc(NC(=O)c2cc(N)cnc2C)cc1Br. The fraction of sp³-hybridized carbons (Fsp3) is 0.143. The van der Waals surface area contributed by atoms with Gasteiger partial charge in [-0.2, -0.15) is 0 Å². The van der Waals surface area contributed by atoms with Gasteiger partial charge in [0.1, 0.15) is 0 Å². The quantitative estimate of drug-likeness (QED) is 0.892. The van der Waals surface area contributed by atoms with E-state index in [0.29, 0.717) is 16.9 Å². The van der Waals surface area contributed by atoms with E-state index in [-0.39, 0.29) is 5.91 Å². The maximum atomic E-state index is 12.2. The number of rotatable bonds is 2. The molecule has 0 unspecified atom stereocenters. The Morgan fingerprint density at radius 2 is 2.05 bits per heavy atom. The summed E-state index contributed by atoms with van der Waals surface area (Å²) in [5, 5.41) is 2.83. The molecule has 19 heavy (non-hydrogen) atoms. The highest BCUT2D eigenvalue weighted by molar-refractivity contribution is 9.10. The van der Waals surface area contributed by atoms with Gasteiger partial charge in [0.05, 0.1) is 23.1 Å². The van der Waals surface area contributed by atoms with Gasteiger partial charge in [0.2, 0.25) is 0 Å². The molecule has 2 rings (SSSR count). The number of carbonyl (C=O) groups is 1. The molecule has 1 aromatic carbocycles. The van der Waals surface area contributed by atoms with Crippen LogP contribution in [-0.2, 0) is 0 Å². The maximum Gasteiger partial charge on any atom is 0.257 e. The molecule has 1 aromatic heterocycles. The number of hydrogen-bond acceptors (Lipinski definition) is 3. The van der Waals surface area contributed by atoms with Crippen LogP contribution < -0.4 is 11.1 Å². The van der Waals surface area contributed by atoms with Crippen LogP contribution in [0.25, 0.3) is 0 Å². The molecule has 0 spiro atoms. The van der Waals surface area contributed by atoms with Crippen molar-refractivity contribution in [2.24, 2.45) is 0 Å².